The molecule has 7 nitrogen and oxygen atoms in total. The standard InChI is InChI=1S/C26H16ClNO6/c27-23-18(8-7-17-22(23)25(32)16-4-2-1-3-15(16)24(17)31)26(33)34-12-20(29)14-5-9-19-13(11-14)6-10-21(30)28-19/h1-5,7-9,11H,6,10,12H2,(H,28,30). The van der Waals surface area contributed by atoms with E-state index in [0.29, 0.717) is 24.1 Å². The van der Waals surface area contributed by atoms with Crippen molar-refractivity contribution in [2.45, 2.75) is 12.8 Å². The number of nitrogens with one attached hydrogen (secondary N) is 1. The monoisotopic (exact) mass is 473 g/mol. The summed E-state index contributed by atoms with van der Waals surface area (Å²) in [5.41, 5.74) is 2.28. The summed E-state index contributed by atoms with van der Waals surface area (Å²) in [7, 11) is 0. The van der Waals surface area contributed by atoms with Crippen molar-refractivity contribution in [1.82, 2.24) is 0 Å². The Hall–Kier alpha value is -4.10. The van der Waals surface area contributed by atoms with Crippen LogP contribution in [-0.4, -0.2) is 35.8 Å². The maximum atomic E-state index is 13.0. The molecule has 0 aromatic heterocycles. The van der Waals surface area contributed by atoms with E-state index < -0.39 is 24.1 Å². The Bertz CT molecular complexity index is 1440. The first-order chi connectivity index (χ1) is 16.3. The molecule has 0 bridgehead atoms. The van der Waals surface area contributed by atoms with E-state index in [0.717, 1.165) is 5.56 Å². The number of Topliss-reactive ketones (excluding diaryl/α,β-unsaturated/α-hetero) is 1. The van der Waals surface area contributed by atoms with Gasteiger partial charge in [0, 0.05) is 34.4 Å². The third-order valence-electron chi connectivity index (χ3n) is 5.91. The fraction of sp³-hybridized carbons (Fsp3) is 0.115. The van der Waals surface area contributed by atoms with E-state index in [9.17, 15) is 24.0 Å². The van der Waals surface area contributed by atoms with Crippen molar-refractivity contribution in [3.8, 4) is 0 Å². The van der Waals surface area contributed by atoms with Crippen molar-refractivity contribution >= 4 is 46.5 Å². The molecule has 0 saturated carbocycles. The van der Waals surface area contributed by atoms with Crippen LogP contribution in [0.1, 0.15) is 64.5 Å². The minimum atomic E-state index is -0.884. The highest BCUT2D eigenvalue weighted by molar-refractivity contribution is 6.41. The predicted molar refractivity (Wildman–Crippen MR) is 123 cm³/mol. The predicted octanol–water partition coefficient (Wildman–Crippen LogP) is 4.04. The van der Waals surface area contributed by atoms with Gasteiger partial charge in [0.2, 0.25) is 5.91 Å². The quantitative estimate of drug-likeness (QED) is 0.354. The lowest BCUT2D eigenvalue weighted by molar-refractivity contribution is -0.116. The summed E-state index contributed by atoms with van der Waals surface area (Å²) >= 11 is 6.38. The van der Waals surface area contributed by atoms with Gasteiger partial charge in [0.05, 0.1) is 16.1 Å². The summed E-state index contributed by atoms with van der Waals surface area (Å²) in [5.74, 6) is -2.20. The van der Waals surface area contributed by atoms with Gasteiger partial charge < -0.3 is 10.1 Å². The lowest BCUT2D eigenvalue weighted by atomic mass is 9.83. The van der Waals surface area contributed by atoms with Gasteiger partial charge in [0.25, 0.3) is 0 Å². The number of ketones is 3. The van der Waals surface area contributed by atoms with Crippen molar-refractivity contribution in [1.29, 1.82) is 0 Å². The molecule has 0 unspecified atom stereocenters. The van der Waals surface area contributed by atoms with Gasteiger partial charge in [0.15, 0.2) is 24.0 Å². The Morgan fingerprint density at radius 3 is 2.38 bits per heavy atom. The second kappa shape index (κ2) is 8.35. The summed E-state index contributed by atoms with van der Waals surface area (Å²) in [6.45, 7) is -0.535. The fourth-order valence-corrected chi connectivity index (χ4v) is 4.48. The Balaban J connectivity index is 1.35. The van der Waals surface area contributed by atoms with Crippen LogP contribution in [0.3, 0.4) is 0 Å². The van der Waals surface area contributed by atoms with Gasteiger partial charge in [-0.2, -0.15) is 0 Å². The molecule has 1 heterocycles. The summed E-state index contributed by atoms with van der Waals surface area (Å²) in [6.07, 6.45) is 0.852. The lowest BCUT2D eigenvalue weighted by Crippen LogP contribution is -2.23. The van der Waals surface area contributed by atoms with E-state index >= 15 is 0 Å². The van der Waals surface area contributed by atoms with E-state index in [1.54, 1.807) is 36.4 Å². The number of ether oxygens (including phenoxy) is 1. The second-order valence-electron chi connectivity index (χ2n) is 7.97. The van der Waals surface area contributed by atoms with Crippen molar-refractivity contribution in [3.63, 3.8) is 0 Å². The average molecular weight is 474 g/mol. The zero-order valence-corrected chi connectivity index (χ0v) is 18.4. The molecule has 3 aromatic carbocycles. The maximum absolute atomic E-state index is 13.0. The second-order valence-corrected chi connectivity index (χ2v) is 8.35. The van der Waals surface area contributed by atoms with Gasteiger partial charge in [-0.3, -0.25) is 19.2 Å². The number of benzene rings is 3. The van der Waals surface area contributed by atoms with Crippen LogP contribution in [0.4, 0.5) is 5.69 Å². The molecule has 5 rings (SSSR count). The first kappa shape index (κ1) is 21.7. The van der Waals surface area contributed by atoms with Crippen molar-refractivity contribution in [3.05, 3.63) is 98.6 Å². The van der Waals surface area contributed by atoms with Gasteiger partial charge in [-0.1, -0.05) is 35.9 Å². The smallest absolute Gasteiger partial charge is 0.340 e. The van der Waals surface area contributed by atoms with Gasteiger partial charge in [-0.15, -0.1) is 0 Å². The van der Waals surface area contributed by atoms with Gasteiger partial charge >= 0.3 is 5.97 Å². The Labute approximate surface area is 198 Å². The number of hydrogen-bond acceptors (Lipinski definition) is 6. The highest BCUT2D eigenvalue weighted by Gasteiger charge is 2.33. The third kappa shape index (κ3) is 3.60. The number of rotatable bonds is 4. The molecule has 1 aliphatic heterocycles. The molecule has 0 spiro atoms. The van der Waals surface area contributed by atoms with Crippen LogP contribution >= 0.6 is 11.6 Å². The van der Waals surface area contributed by atoms with Crippen LogP contribution < -0.4 is 5.32 Å². The first-order valence-electron chi connectivity index (χ1n) is 10.5. The SMILES string of the molecule is O=C1CCc2cc(C(=O)COC(=O)c3ccc4c(c3Cl)C(=O)c3ccccc3C4=O)ccc2N1. The third-order valence-corrected chi connectivity index (χ3v) is 6.30. The summed E-state index contributed by atoms with van der Waals surface area (Å²) < 4.78 is 5.17. The van der Waals surface area contributed by atoms with E-state index in [1.807, 2.05) is 0 Å². The minimum Gasteiger partial charge on any atom is -0.454 e. The molecule has 3 aromatic rings. The van der Waals surface area contributed by atoms with Crippen molar-refractivity contribution in [2.75, 3.05) is 11.9 Å². The summed E-state index contributed by atoms with van der Waals surface area (Å²) in [4.78, 5) is 62.5. The van der Waals surface area contributed by atoms with Crippen LogP contribution in [0.2, 0.25) is 5.02 Å². The topological polar surface area (TPSA) is 107 Å². The number of carbonyl (C=O) groups is 5. The number of anilines is 1. The van der Waals surface area contributed by atoms with E-state index in [1.165, 1.54) is 18.2 Å². The largest absolute Gasteiger partial charge is 0.454 e. The normalized spacial score (nSPS) is 14.0. The zero-order chi connectivity index (χ0) is 24.0. The van der Waals surface area contributed by atoms with E-state index in [-0.39, 0.29) is 44.5 Å². The number of amides is 1. The molecule has 2 aliphatic rings. The van der Waals surface area contributed by atoms with E-state index in [4.69, 9.17) is 16.3 Å². The summed E-state index contributed by atoms with van der Waals surface area (Å²) in [6, 6.07) is 13.9. The van der Waals surface area contributed by atoms with Crippen LogP contribution in [0.25, 0.3) is 0 Å². The van der Waals surface area contributed by atoms with Gasteiger partial charge in [0.1, 0.15) is 0 Å². The highest BCUT2D eigenvalue weighted by atomic mass is 35.5. The van der Waals surface area contributed by atoms with Gasteiger partial charge in [-0.25, -0.2) is 4.79 Å². The van der Waals surface area contributed by atoms with Crippen molar-refractivity contribution < 1.29 is 28.7 Å². The number of fused-ring (bicyclic) bond motifs is 3. The molecule has 0 fully saturated rings. The molecular weight excluding hydrogens is 458 g/mol. The highest BCUT2D eigenvalue weighted by Crippen LogP contribution is 2.34. The van der Waals surface area contributed by atoms with Gasteiger partial charge in [-0.05, 0) is 42.3 Å². The summed E-state index contributed by atoms with van der Waals surface area (Å²) in [5, 5.41) is 2.55. The number of carbonyl (C=O) groups excluding carboxylic acids is 5. The minimum absolute atomic E-state index is 0.0529. The average Bonchev–Trinajstić information content (AvgIpc) is 2.85. The first-order valence-corrected chi connectivity index (χ1v) is 10.9. The Morgan fingerprint density at radius 2 is 1.62 bits per heavy atom. The number of aryl methyl sites for hydroxylation is 1. The molecule has 0 radical (unpaired) electrons. The maximum Gasteiger partial charge on any atom is 0.340 e. The molecule has 8 heteroatoms. The Kier molecular flexibility index (Phi) is 5.34. The molecule has 1 amide bonds. The van der Waals surface area contributed by atoms with Crippen LogP contribution in [0.15, 0.2) is 54.6 Å². The zero-order valence-electron chi connectivity index (χ0n) is 17.6. The number of esters is 1. The fourth-order valence-electron chi connectivity index (χ4n) is 4.15. The molecular formula is C26H16ClNO6. The van der Waals surface area contributed by atoms with E-state index in [2.05, 4.69) is 5.32 Å². The lowest BCUT2D eigenvalue weighted by Gasteiger charge is -2.19. The van der Waals surface area contributed by atoms with Crippen LogP contribution in [-0.2, 0) is 16.0 Å². The number of hydrogen-bond donors (Lipinski definition) is 1. The Morgan fingerprint density at radius 1 is 0.882 bits per heavy atom. The molecule has 0 atom stereocenters. The molecule has 168 valence electrons. The van der Waals surface area contributed by atoms with Crippen LogP contribution in [0, 0.1) is 0 Å². The molecule has 34 heavy (non-hydrogen) atoms. The molecule has 0 saturated heterocycles. The number of halogens is 1. The van der Waals surface area contributed by atoms with Crippen LogP contribution in [0.5, 0.6) is 0 Å². The van der Waals surface area contributed by atoms with Crippen molar-refractivity contribution in [2.24, 2.45) is 0 Å². The molecule has 1 aliphatic carbocycles. The molecule has 1 N–H and O–H groups in total.